The molecule has 0 fully saturated rings. The first-order valence-corrected chi connectivity index (χ1v) is 18.7. The number of hydrogen-bond donors (Lipinski definition) is 1. The minimum atomic E-state index is 0.379. The normalized spacial score (nSPS) is 12.6. The van der Waals surface area contributed by atoms with E-state index in [0.29, 0.717) is 12.1 Å². The maximum absolute atomic E-state index is 6.08. The van der Waals surface area contributed by atoms with E-state index in [4.69, 9.17) is 4.84 Å². The first-order chi connectivity index (χ1) is 20.7. The topological polar surface area (TPSA) is 21.3 Å². The van der Waals surface area contributed by atoms with Gasteiger partial charge in [0.25, 0.3) is 0 Å². The summed E-state index contributed by atoms with van der Waals surface area (Å²) in [7, 11) is 0. The molecule has 42 heavy (non-hydrogen) atoms. The van der Waals surface area contributed by atoms with Crippen LogP contribution in [-0.4, -0.2) is 12.1 Å². The highest BCUT2D eigenvalue weighted by atomic mass is 16.7. The van der Waals surface area contributed by atoms with Crippen LogP contribution >= 0.6 is 0 Å². The lowest BCUT2D eigenvalue weighted by Gasteiger charge is -2.19. The summed E-state index contributed by atoms with van der Waals surface area (Å²) in [4.78, 5) is 6.08. The number of nitrogens with one attached hydrogen (secondary N) is 1. The number of hydroxylamine groups is 1. The minimum absolute atomic E-state index is 0.379. The third-order valence-corrected chi connectivity index (χ3v) is 7.92. The molecule has 0 radical (unpaired) electrons. The molecule has 0 spiro atoms. The van der Waals surface area contributed by atoms with Gasteiger partial charge in [0.2, 0.25) is 0 Å². The van der Waals surface area contributed by atoms with Crippen molar-refractivity contribution in [2.75, 3.05) is 0 Å². The Morgan fingerprint density at radius 3 is 1.12 bits per heavy atom. The van der Waals surface area contributed by atoms with Crippen molar-refractivity contribution < 1.29 is 4.84 Å². The quantitative estimate of drug-likeness (QED) is 0.0470. The summed E-state index contributed by atoms with van der Waals surface area (Å²) in [5.41, 5.74) is 3.23. The van der Waals surface area contributed by atoms with Crippen LogP contribution in [0.2, 0.25) is 0 Å². The zero-order valence-corrected chi connectivity index (χ0v) is 29.1. The van der Waals surface area contributed by atoms with Gasteiger partial charge in [-0.15, -0.1) is 0 Å². The van der Waals surface area contributed by atoms with Crippen molar-refractivity contribution in [3.8, 4) is 0 Å². The fraction of sp³-hybridized carbons (Fsp3) is 0.800. The molecule has 0 heterocycles. The lowest BCUT2D eigenvalue weighted by molar-refractivity contribution is -0.0474. The van der Waals surface area contributed by atoms with E-state index >= 15 is 0 Å². The van der Waals surface area contributed by atoms with Crippen LogP contribution in [0.3, 0.4) is 0 Å². The zero-order valence-electron chi connectivity index (χ0n) is 29.1. The van der Waals surface area contributed by atoms with Crippen LogP contribution in [0.1, 0.15) is 195 Å². The molecule has 0 bridgehead atoms. The Hall–Kier alpha value is -1.12. The molecule has 2 nitrogen and oxygen atoms in total. The van der Waals surface area contributed by atoms with Crippen molar-refractivity contribution in [2.24, 2.45) is 0 Å². The molecule has 0 rings (SSSR count). The zero-order chi connectivity index (χ0) is 30.6. The van der Waals surface area contributed by atoms with Crippen LogP contribution < -0.4 is 5.48 Å². The van der Waals surface area contributed by atoms with Crippen molar-refractivity contribution in [3.05, 3.63) is 48.6 Å². The summed E-state index contributed by atoms with van der Waals surface area (Å²) in [5, 5.41) is 0. The van der Waals surface area contributed by atoms with Gasteiger partial charge in [-0.05, 0) is 90.9 Å². The predicted octanol–water partition coefficient (Wildman–Crippen LogP) is 13.7. The third kappa shape index (κ3) is 35.1. The van der Waals surface area contributed by atoms with Crippen LogP contribution in [0.15, 0.2) is 48.6 Å². The first-order valence-electron chi connectivity index (χ1n) is 18.7. The van der Waals surface area contributed by atoms with Gasteiger partial charge in [-0.2, -0.15) is 5.48 Å². The van der Waals surface area contributed by atoms with E-state index in [2.05, 4.69) is 81.8 Å². The Labute approximate surface area is 265 Å². The van der Waals surface area contributed by atoms with Gasteiger partial charge in [-0.1, -0.05) is 152 Å². The van der Waals surface area contributed by atoms with Crippen LogP contribution in [0, 0.1) is 0 Å². The molecule has 0 aromatic rings. The standard InChI is InChI=1S/C40H75NO/c1-5-7-9-11-13-15-17-19-21-23-25-27-29-31-33-35-37-40(42-41-39(3)4)38-36-34-32-30-28-26-24-22-20-18-16-14-12-10-8-6-2/h13-16,19-22,39-41H,5-12,17-18,23-38H2,1-4H3/b15-13-,16-14-,21-19-,22-20-. The van der Waals surface area contributed by atoms with Gasteiger partial charge in [0.1, 0.15) is 0 Å². The molecule has 0 atom stereocenters. The number of rotatable bonds is 33. The second-order valence-corrected chi connectivity index (χ2v) is 12.8. The maximum atomic E-state index is 6.08. The molecule has 1 N–H and O–H groups in total. The molecule has 0 amide bonds. The lowest BCUT2D eigenvalue weighted by Crippen LogP contribution is -2.29. The molecule has 0 saturated heterocycles. The molecule has 0 aromatic heterocycles. The summed E-state index contributed by atoms with van der Waals surface area (Å²) in [6, 6.07) is 0.388. The molecule has 0 unspecified atom stereocenters. The van der Waals surface area contributed by atoms with Gasteiger partial charge < -0.3 is 0 Å². The van der Waals surface area contributed by atoms with E-state index in [0.717, 1.165) is 12.8 Å². The Morgan fingerprint density at radius 2 is 0.762 bits per heavy atom. The predicted molar refractivity (Wildman–Crippen MR) is 191 cm³/mol. The SMILES string of the molecule is CCCCC/C=C\C/C=C\CCCCCCCCC(CCCCCCCC/C=C\C/C=C\CCCCC)ONC(C)C. The fourth-order valence-electron chi connectivity index (χ4n) is 5.21. The van der Waals surface area contributed by atoms with Gasteiger partial charge in [0.05, 0.1) is 6.10 Å². The van der Waals surface area contributed by atoms with Gasteiger partial charge in [0, 0.05) is 6.04 Å². The monoisotopic (exact) mass is 586 g/mol. The summed E-state index contributed by atoms with van der Waals surface area (Å²) in [5.74, 6) is 0. The van der Waals surface area contributed by atoms with E-state index in [9.17, 15) is 0 Å². The smallest absolute Gasteiger partial charge is 0.0790 e. The van der Waals surface area contributed by atoms with Gasteiger partial charge in [-0.25, -0.2) is 0 Å². The van der Waals surface area contributed by atoms with Crippen LogP contribution in [-0.2, 0) is 4.84 Å². The average molecular weight is 586 g/mol. The van der Waals surface area contributed by atoms with Crippen molar-refractivity contribution >= 4 is 0 Å². The van der Waals surface area contributed by atoms with E-state index in [-0.39, 0.29) is 0 Å². The Morgan fingerprint density at radius 1 is 0.429 bits per heavy atom. The highest BCUT2D eigenvalue weighted by Crippen LogP contribution is 2.17. The Kier molecular flexibility index (Phi) is 35.1. The molecule has 0 aliphatic rings. The van der Waals surface area contributed by atoms with E-state index in [1.165, 1.54) is 154 Å². The van der Waals surface area contributed by atoms with Crippen molar-refractivity contribution in [3.63, 3.8) is 0 Å². The van der Waals surface area contributed by atoms with E-state index in [1.807, 2.05) is 0 Å². The van der Waals surface area contributed by atoms with Crippen molar-refractivity contribution in [1.29, 1.82) is 0 Å². The highest BCUT2D eigenvalue weighted by Gasteiger charge is 2.10. The summed E-state index contributed by atoms with van der Waals surface area (Å²) >= 11 is 0. The van der Waals surface area contributed by atoms with E-state index in [1.54, 1.807) is 0 Å². The highest BCUT2D eigenvalue weighted by molar-refractivity contribution is 4.93. The van der Waals surface area contributed by atoms with Crippen LogP contribution in [0.4, 0.5) is 0 Å². The van der Waals surface area contributed by atoms with Gasteiger partial charge in [-0.3, -0.25) is 4.84 Å². The molecule has 0 saturated carbocycles. The van der Waals surface area contributed by atoms with Gasteiger partial charge in [0.15, 0.2) is 0 Å². The van der Waals surface area contributed by atoms with Crippen LogP contribution in [0.5, 0.6) is 0 Å². The molecule has 246 valence electrons. The van der Waals surface area contributed by atoms with Gasteiger partial charge >= 0.3 is 0 Å². The number of hydrogen-bond acceptors (Lipinski definition) is 2. The van der Waals surface area contributed by atoms with Crippen LogP contribution in [0.25, 0.3) is 0 Å². The average Bonchev–Trinajstić information content (AvgIpc) is 2.98. The molecular formula is C40H75NO. The second kappa shape index (κ2) is 36.1. The summed E-state index contributed by atoms with van der Waals surface area (Å²) < 4.78 is 0. The van der Waals surface area contributed by atoms with E-state index < -0.39 is 0 Å². The molecule has 2 heteroatoms. The van der Waals surface area contributed by atoms with Crippen molar-refractivity contribution in [2.45, 2.75) is 207 Å². The summed E-state index contributed by atoms with van der Waals surface area (Å²) in [6.07, 6.45) is 53.1. The second-order valence-electron chi connectivity index (χ2n) is 12.8. The largest absolute Gasteiger partial charge is 0.298 e. The minimum Gasteiger partial charge on any atom is -0.298 e. The Bertz CT molecular complexity index is 569. The number of unbranched alkanes of at least 4 members (excludes halogenated alkanes) is 18. The molecule has 0 aliphatic carbocycles. The third-order valence-electron chi connectivity index (χ3n) is 7.92. The molecule has 0 aromatic carbocycles. The maximum Gasteiger partial charge on any atom is 0.0790 e. The Balaban J connectivity index is 3.70. The fourth-order valence-corrected chi connectivity index (χ4v) is 5.21. The molecular weight excluding hydrogens is 510 g/mol. The summed E-state index contributed by atoms with van der Waals surface area (Å²) in [6.45, 7) is 8.87. The lowest BCUT2D eigenvalue weighted by atomic mass is 10.0. The first kappa shape index (κ1) is 40.9. The number of allylic oxidation sites excluding steroid dienone is 8. The van der Waals surface area contributed by atoms with Crippen molar-refractivity contribution in [1.82, 2.24) is 5.48 Å². The molecule has 0 aliphatic heterocycles.